The van der Waals surface area contributed by atoms with Crippen molar-refractivity contribution in [2.75, 3.05) is 7.05 Å². The Bertz CT molecular complexity index is 830. The van der Waals surface area contributed by atoms with Crippen LogP contribution in [0.5, 0.6) is 0 Å². The monoisotopic (exact) mass is 339 g/mol. The molecule has 0 spiro atoms. The number of aliphatic hydroxyl groups is 1. The highest BCUT2D eigenvalue weighted by Crippen LogP contribution is 2.28. The van der Waals surface area contributed by atoms with Crippen molar-refractivity contribution in [3.8, 4) is 0 Å². The van der Waals surface area contributed by atoms with Crippen LogP contribution in [0.2, 0.25) is 0 Å². The molecule has 2 amide bonds. The van der Waals surface area contributed by atoms with Gasteiger partial charge in [0, 0.05) is 18.7 Å². The van der Waals surface area contributed by atoms with E-state index in [-0.39, 0.29) is 28.9 Å². The molecule has 3 N–H and O–H groups in total. The first-order chi connectivity index (χ1) is 11.9. The summed E-state index contributed by atoms with van der Waals surface area (Å²) in [5.41, 5.74) is 7.47. The first kappa shape index (κ1) is 17.1. The Balaban J connectivity index is 2.02. The van der Waals surface area contributed by atoms with Crippen LogP contribution in [-0.2, 0) is 0 Å². The fourth-order valence-corrected chi connectivity index (χ4v) is 2.81. The minimum absolute atomic E-state index is 0.119. The van der Waals surface area contributed by atoms with Gasteiger partial charge < -0.3 is 15.7 Å². The molecule has 1 aliphatic carbocycles. The third-order valence-electron chi connectivity index (χ3n) is 4.53. The Morgan fingerprint density at radius 3 is 2.56 bits per heavy atom. The predicted molar refractivity (Wildman–Crippen MR) is 93.1 cm³/mol. The maximum atomic E-state index is 12.6. The zero-order chi connectivity index (χ0) is 18.1. The van der Waals surface area contributed by atoms with Crippen molar-refractivity contribution < 1.29 is 14.7 Å². The number of primary amides is 1. The normalized spacial score (nSPS) is 14.8. The topological polar surface area (TPSA) is 96.5 Å². The van der Waals surface area contributed by atoms with Crippen molar-refractivity contribution in [2.45, 2.75) is 31.9 Å². The van der Waals surface area contributed by atoms with E-state index in [9.17, 15) is 14.7 Å². The molecule has 3 rings (SSSR count). The van der Waals surface area contributed by atoms with Crippen LogP contribution < -0.4 is 5.73 Å². The lowest BCUT2D eigenvalue weighted by Gasteiger charge is -2.18. The number of aryl methyl sites for hydroxylation is 1. The zero-order valence-corrected chi connectivity index (χ0v) is 14.3. The Hall–Kier alpha value is -2.73. The number of aliphatic hydroxyl groups excluding tert-OH is 1. The summed E-state index contributed by atoms with van der Waals surface area (Å²) in [6.45, 7) is 1.88. The molecule has 0 aliphatic heterocycles. The quantitative estimate of drug-likeness (QED) is 0.868. The number of hydrogen-bond acceptors (Lipinski definition) is 4. The molecule has 6 heteroatoms. The van der Waals surface area contributed by atoms with Crippen molar-refractivity contribution in [1.29, 1.82) is 0 Å². The van der Waals surface area contributed by atoms with Gasteiger partial charge in [0.15, 0.2) is 0 Å². The molecule has 25 heavy (non-hydrogen) atoms. The van der Waals surface area contributed by atoms with Gasteiger partial charge in [0.05, 0.1) is 5.69 Å². The van der Waals surface area contributed by atoms with E-state index in [1.54, 1.807) is 18.0 Å². The third kappa shape index (κ3) is 3.53. The van der Waals surface area contributed by atoms with Crippen LogP contribution in [-0.4, -0.2) is 39.9 Å². The minimum atomic E-state index is -1.04. The summed E-state index contributed by atoms with van der Waals surface area (Å²) in [4.78, 5) is 30.2. The SMILES string of the molecule is Cc1ccccc1C(O)c1cc(C(N)=O)cc(C(=O)N(C)C2CC2)n1. The highest BCUT2D eigenvalue weighted by atomic mass is 16.3. The number of hydrogen-bond donors (Lipinski definition) is 2. The van der Waals surface area contributed by atoms with E-state index in [1.165, 1.54) is 12.1 Å². The summed E-state index contributed by atoms with van der Waals surface area (Å²) in [7, 11) is 1.72. The molecule has 2 aromatic rings. The molecular formula is C19H21N3O3. The number of rotatable bonds is 5. The third-order valence-corrected chi connectivity index (χ3v) is 4.53. The predicted octanol–water partition coefficient (Wildman–Crippen LogP) is 1.81. The van der Waals surface area contributed by atoms with Crippen molar-refractivity contribution >= 4 is 11.8 Å². The molecule has 1 heterocycles. The van der Waals surface area contributed by atoms with Gasteiger partial charge in [-0.3, -0.25) is 9.59 Å². The first-order valence-corrected chi connectivity index (χ1v) is 8.21. The summed E-state index contributed by atoms with van der Waals surface area (Å²) < 4.78 is 0. The molecule has 1 aromatic heterocycles. The number of amides is 2. The number of nitrogens with two attached hydrogens (primary N) is 1. The average molecular weight is 339 g/mol. The Morgan fingerprint density at radius 1 is 1.28 bits per heavy atom. The molecule has 0 radical (unpaired) electrons. The van der Waals surface area contributed by atoms with E-state index in [0.29, 0.717) is 5.56 Å². The molecule has 1 atom stereocenters. The highest BCUT2D eigenvalue weighted by Gasteiger charge is 2.31. The molecule has 6 nitrogen and oxygen atoms in total. The number of aromatic nitrogens is 1. The smallest absolute Gasteiger partial charge is 0.272 e. The molecule has 130 valence electrons. The van der Waals surface area contributed by atoms with Crippen molar-refractivity contribution in [1.82, 2.24) is 9.88 Å². The fraction of sp³-hybridized carbons (Fsp3) is 0.316. The second-order valence-corrected chi connectivity index (χ2v) is 6.44. The Kier molecular flexibility index (Phi) is 4.55. The first-order valence-electron chi connectivity index (χ1n) is 8.21. The summed E-state index contributed by atoms with van der Waals surface area (Å²) in [6.07, 6.45) is 0.894. The highest BCUT2D eigenvalue weighted by molar-refractivity contribution is 5.98. The van der Waals surface area contributed by atoms with Gasteiger partial charge in [-0.1, -0.05) is 24.3 Å². The molecule has 1 fully saturated rings. The van der Waals surface area contributed by atoms with Gasteiger partial charge in [-0.05, 0) is 43.0 Å². The molecule has 1 unspecified atom stereocenters. The van der Waals surface area contributed by atoms with Crippen LogP contribution in [0.4, 0.5) is 0 Å². The van der Waals surface area contributed by atoms with Crippen LogP contribution in [0.25, 0.3) is 0 Å². The number of nitrogens with zero attached hydrogens (tertiary/aromatic N) is 2. The van der Waals surface area contributed by atoms with E-state index < -0.39 is 12.0 Å². The number of pyridine rings is 1. The van der Waals surface area contributed by atoms with Gasteiger partial charge in [-0.25, -0.2) is 4.98 Å². The van der Waals surface area contributed by atoms with Gasteiger partial charge in [0.2, 0.25) is 5.91 Å². The van der Waals surface area contributed by atoms with Crippen molar-refractivity contribution in [3.05, 3.63) is 64.5 Å². The lowest BCUT2D eigenvalue weighted by molar-refractivity contribution is 0.0778. The molecule has 1 aliphatic rings. The number of carbonyl (C=O) groups excluding carboxylic acids is 2. The average Bonchev–Trinajstić information content (AvgIpc) is 3.45. The fourth-order valence-electron chi connectivity index (χ4n) is 2.81. The molecular weight excluding hydrogens is 318 g/mol. The summed E-state index contributed by atoms with van der Waals surface area (Å²) in [6, 6.07) is 10.4. The van der Waals surface area contributed by atoms with Crippen molar-refractivity contribution in [2.24, 2.45) is 5.73 Å². The van der Waals surface area contributed by atoms with Crippen LogP contribution in [0.1, 0.15) is 56.6 Å². The lowest BCUT2D eigenvalue weighted by Crippen LogP contribution is -2.30. The maximum absolute atomic E-state index is 12.6. The van der Waals surface area contributed by atoms with E-state index in [4.69, 9.17) is 5.73 Å². The molecule has 1 aromatic carbocycles. The molecule has 0 bridgehead atoms. The van der Waals surface area contributed by atoms with Crippen LogP contribution >= 0.6 is 0 Å². The standard InChI is InChI=1S/C19H21N3O3/c1-11-5-3-4-6-14(11)17(23)15-9-12(18(20)24)10-16(21-15)19(25)22(2)13-7-8-13/h3-6,9-10,13,17,23H,7-8H2,1-2H3,(H2,20,24). The van der Waals surface area contributed by atoms with Crippen LogP contribution in [0, 0.1) is 6.92 Å². The minimum Gasteiger partial charge on any atom is -0.382 e. The second kappa shape index (κ2) is 6.64. The Labute approximate surface area is 146 Å². The molecule has 0 saturated heterocycles. The van der Waals surface area contributed by atoms with Gasteiger partial charge >= 0.3 is 0 Å². The van der Waals surface area contributed by atoms with Gasteiger partial charge in [0.25, 0.3) is 5.91 Å². The van der Waals surface area contributed by atoms with Gasteiger partial charge in [0.1, 0.15) is 11.8 Å². The summed E-state index contributed by atoms with van der Waals surface area (Å²) in [5, 5.41) is 10.7. The molecule has 1 saturated carbocycles. The van der Waals surface area contributed by atoms with E-state index in [1.807, 2.05) is 25.1 Å². The van der Waals surface area contributed by atoms with Gasteiger partial charge in [-0.15, -0.1) is 0 Å². The van der Waals surface area contributed by atoms with E-state index >= 15 is 0 Å². The summed E-state index contributed by atoms with van der Waals surface area (Å²) >= 11 is 0. The second-order valence-electron chi connectivity index (χ2n) is 6.44. The lowest BCUT2D eigenvalue weighted by atomic mass is 9.99. The summed E-state index contributed by atoms with van der Waals surface area (Å²) in [5.74, 6) is -0.937. The maximum Gasteiger partial charge on any atom is 0.272 e. The van der Waals surface area contributed by atoms with E-state index in [0.717, 1.165) is 18.4 Å². The number of benzene rings is 1. The zero-order valence-electron chi connectivity index (χ0n) is 14.3. The van der Waals surface area contributed by atoms with Crippen molar-refractivity contribution in [3.63, 3.8) is 0 Å². The van der Waals surface area contributed by atoms with Crippen LogP contribution in [0.15, 0.2) is 36.4 Å². The van der Waals surface area contributed by atoms with E-state index in [2.05, 4.69) is 4.98 Å². The van der Waals surface area contributed by atoms with Gasteiger partial charge in [-0.2, -0.15) is 0 Å². The number of carbonyl (C=O) groups is 2. The van der Waals surface area contributed by atoms with Crippen LogP contribution in [0.3, 0.4) is 0 Å². The Morgan fingerprint density at radius 2 is 1.96 bits per heavy atom. The largest absolute Gasteiger partial charge is 0.382 e.